The molecular weight excluding hydrogens is 382 g/mol. The van der Waals surface area contributed by atoms with Crippen LogP contribution in [0.5, 0.6) is 5.75 Å². The van der Waals surface area contributed by atoms with Gasteiger partial charge in [0.2, 0.25) is 11.8 Å². The van der Waals surface area contributed by atoms with Crippen LogP contribution in [-0.4, -0.2) is 55.1 Å². The molecule has 0 aromatic heterocycles. The van der Waals surface area contributed by atoms with Crippen LogP contribution in [0.2, 0.25) is 0 Å². The highest BCUT2D eigenvalue weighted by molar-refractivity contribution is 5.97. The summed E-state index contributed by atoms with van der Waals surface area (Å²) in [5, 5.41) is 6.30. The Bertz CT molecular complexity index is 889. The van der Waals surface area contributed by atoms with Gasteiger partial charge in [0.1, 0.15) is 17.8 Å². The van der Waals surface area contributed by atoms with E-state index in [1.165, 1.54) is 0 Å². The number of amides is 2. The zero-order valence-corrected chi connectivity index (χ0v) is 17.0. The molecule has 2 aliphatic heterocycles. The average Bonchev–Trinajstić information content (AvgIpc) is 3.22. The maximum Gasteiger partial charge on any atom is 0.248 e. The van der Waals surface area contributed by atoms with Crippen molar-refractivity contribution in [1.29, 1.82) is 0 Å². The third-order valence-electron chi connectivity index (χ3n) is 5.67. The van der Waals surface area contributed by atoms with E-state index in [4.69, 9.17) is 9.47 Å². The van der Waals surface area contributed by atoms with Crippen molar-refractivity contribution in [3.05, 3.63) is 65.7 Å². The van der Waals surface area contributed by atoms with Gasteiger partial charge in [-0.1, -0.05) is 48.5 Å². The molecule has 0 bridgehead atoms. The van der Waals surface area contributed by atoms with Crippen molar-refractivity contribution in [3.63, 3.8) is 0 Å². The van der Waals surface area contributed by atoms with Crippen LogP contribution in [0.3, 0.4) is 0 Å². The van der Waals surface area contributed by atoms with Crippen molar-refractivity contribution < 1.29 is 19.1 Å². The number of rotatable bonds is 8. The summed E-state index contributed by atoms with van der Waals surface area (Å²) in [7, 11) is 1.65. The number of para-hydroxylation sites is 1. The van der Waals surface area contributed by atoms with Gasteiger partial charge < -0.3 is 25.0 Å². The SMILES string of the molecule is COc1ccccc1CN[C@H]1C[C@H]2C(=O)N[C@@H](COCc3ccccc3)C(=O)N2C1. The standard InChI is InChI=1S/C23H27N3O4/c1-29-21-10-6-5-9-17(21)12-24-18-11-20-22(27)25-19(23(28)26(20)13-18)15-30-14-16-7-3-2-4-8-16/h2-10,18-20,24H,11-15H2,1H3,(H,25,27)/t18-,19-,20-/m0/s1. The highest BCUT2D eigenvalue weighted by Crippen LogP contribution is 2.24. The summed E-state index contributed by atoms with van der Waals surface area (Å²) in [6.07, 6.45) is 0.602. The van der Waals surface area contributed by atoms with Gasteiger partial charge in [0.05, 0.1) is 20.3 Å². The molecule has 3 atom stereocenters. The minimum absolute atomic E-state index is 0.0543. The second kappa shape index (κ2) is 9.28. The Labute approximate surface area is 176 Å². The zero-order valence-electron chi connectivity index (χ0n) is 17.0. The number of fused-ring (bicyclic) bond motifs is 1. The van der Waals surface area contributed by atoms with Gasteiger partial charge in [-0.05, 0) is 18.1 Å². The molecule has 0 radical (unpaired) electrons. The van der Waals surface area contributed by atoms with Crippen LogP contribution in [0.15, 0.2) is 54.6 Å². The van der Waals surface area contributed by atoms with Crippen LogP contribution in [0.1, 0.15) is 17.5 Å². The highest BCUT2D eigenvalue weighted by Gasteiger charge is 2.46. The molecule has 7 heteroatoms. The number of nitrogens with zero attached hydrogens (tertiary/aromatic N) is 1. The Kier molecular flexibility index (Phi) is 6.30. The van der Waals surface area contributed by atoms with Crippen LogP contribution in [0.25, 0.3) is 0 Å². The molecule has 30 heavy (non-hydrogen) atoms. The lowest BCUT2D eigenvalue weighted by Crippen LogP contribution is -2.62. The van der Waals surface area contributed by atoms with Gasteiger partial charge in [-0.25, -0.2) is 0 Å². The van der Waals surface area contributed by atoms with E-state index in [1.807, 2.05) is 54.6 Å². The first-order valence-corrected chi connectivity index (χ1v) is 10.2. The van der Waals surface area contributed by atoms with E-state index in [0.29, 0.717) is 26.1 Å². The number of hydrogen-bond acceptors (Lipinski definition) is 5. The Morgan fingerprint density at radius 2 is 1.87 bits per heavy atom. The highest BCUT2D eigenvalue weighted by atomic mass is 16.5. The van der Waals surface area contributed by atoms with Crippen molar-refractivity contribution in [2.45, 2.75) is 37.7 Å². The summed E-state index contributed by atoms with van der Waals surface area (Å²) < 4.78 is 11.1. The van der Waals surface area contributed by atoms with E-state index in [2.05, 4.69) is 10.6 Å². The van der Waals surface area contributed by atoms with Gasteiger partial charge in [-0.3, -0.25) is 9.59 Å². The average molecular weight is 409 g/mol. The fourth-order valence-electron chi connectivity index (χ4n) is 4.09. The quantitative estimate of drug-likeness (QED) is 0.690. The lowest BCUT2D eigenvalue weighted by Gasteiger charge is -2.34. The number of hydrogen-bond donors (Lipinski definition) is 2. The predicted octanol–water partition coefficient (Wildman–Crippen LogP) is 1.47. The molecule has 2 saturated heterocycles. The lowest BCUT2D eigenvalue weighted by atomic mass is 10.1. The number of methoxy groups -OCH3 is 1. The van der Waals surface area contributed by atoms with Crippen LogP contribution >= 0.6 is 0 Å². The number of benzene rings is 2. The molecule has 2 amide bonds. The molecule has 4 rings (SSSR count). The monoisotopic (exact) mass is 409 g/mol. The third kappa shape index (κ3) is 4.47. The summed E-state index contributed by atoms with van der Waals surface area (Å²) in [5.41, 5.74) is 2.08. The second-order valence-corrected chi connectivity index (χ2v) is 7.69. The second-order valence-electron chi connectivity index (χ2n) is 7.69. The molecule has 2 fully saturated rings. The normalized spacial score (nSPS) is 23.2. The first-order chi connectivity index (χ1) is 14.7. The van der Waals surface area contributed by atoms with Crippen molar-refractivity contribution in [3.8, 4) is 5.75 Å². The van der Waals surface area contributed by atoms with Gasteiger partial charge in [0, 0.05) is 24.7 Å². The van der Waals surface area contributed by atoms with Crippen LogP contribution in [-0.2, 0) is 27.5 Å². The van der Waals surface area contributed by atoms with Crippen LogP contribution in [0, 0.1) is 0 Å². The van der Waals surface area contributed by atoms with Crippen molar-refractivity contribution in [1.82, 2.24) is 15.5 Å². The molecule has 2 aromatic carbocycles. The first-order valence-electron chi connectivity index (χ1n) is 10.2. The topological polar surface area (TPSA) is 79.9 Å². The summed E-state index contributed by atoms with van der Waals surface area (Å²) in [6, 6.07) is 16.6. The van der Waals surface area contributed by atoms with Crippen LogP contribution in [0.4, 0.5) is 0 Å². The molecule has 0 saturated carbocycles. The molecule has 0 unspecified atom stereocenters. The molecule has 0 spiro atoms. The maximum absolute atomic E-state index is 12.9. The van der Waals surface area contributed by atoms with Gasteiger partial charge in [-0.2, -0.15) is 0 Å². The van der Waals surface area contributed by atoms with Gasteiger partial charge in [-0.15, -0.1) is 0 Å². The van der Waals surface area contributed by atoms with E-state index >= 15 is 0 Å². The maximum atomic E-state index is 12.9. The fourth-order valence-corrected chi connectivity index (χ4v) is 4.09. The number of piperazine rings is 1. The van der Waals surface area contributed by atoms with Crippen molar-refractivity contribution in [2.75, 3.05) is 20.3 Å². The fraction of sp³-hybridized carbons (Fsp3) is 0.391. The van der Waals surface area contributed by atoms with Crippen molar-refractivity contribution in [2.24, 2.45) is 0 Å². The Hall–Kier alpha value is -2.90. The van der Waals surface area contributed by atoms with Crippen LogP contribution < -0.4 is 15.4 Å². The smallest absolute Gasteiger partial charge is 0.248 e. The van der Waals surface area contributed by atoms with Gasteiger partial charge >= 0.3 is 0 Å². The summed E-state index contributed by atoms with van der Waals surface area (Å²) >= 11 is 0. The first kappa shape index (κ1) is 20.4. The number of carbonyl (C=O) groups is 2. The van der Waals surface area contributed by atoms with E-state index in [1.54, 1.807) is 12.0 Å². The summed E-state index contributed by atoms with van der Waals surface area (Å²) in [6.45, 7) is 1.71. The van der Waals surface area contributed by atoms with E-state index in [9.17, 15) is 9.59 Å². The summed E-state index contributed by atoms with van der Waals surface area (Å²) in [5.74, 6) is 0.643. The van der Waals surface area contributed by atoms with Crippen molar-refractivity contribution >= 4 is 11.8 Å². The molecule has 2 aliphatic rings. The third-order valence-corrected chi connectivity index (χ3v) is 5.67. The largest absolute Gasteiger partial charge is 0.496 e. The zero-order chi connectivity index (χ0) is 20.9. The summed E-state index contributed by atoms with van der Waals surface area (Å²) in [4.78, 5) is 27.2. The Morgan fingerprint density at radius 1 is 1.10 bits per heavy atom. The Morgan fingerprint density at radius 3 is 2.67 bits per heavy atom. The van der Waals surface area contributed by atoms with E-state index in [-0.39, 0.29) is 24.5 Å². The molecular formula is C23H27N3O4. The predicted molar refractivity (Wildman–Crippen MR) is 112 cm³/mol. The number of ether oxygens (including phenoxy) is 2. The Balaban J connectivity index is 1.31. The number of carbonyl (C=O) groups excluding carboxylic acids is 2. The number of nitrogens with one attached hydrogen (secondary N) is 2. The molecule has 2 heterocycles. The lowest BCUT2D eigenvalue weighted by molar-refractivity contribution is -0.148. The van der Waals surface area contributed by atoms with Gasteiger partial charge in [0.15, 0.2) is 0 Å². The minimum Gasteiger partial charge on any atom is -0.496 e. The van der Waals surface area contributed by atoms with E-state index in [0.717, 1.165) is 16.9 Å². The molecule has 158 valence electrons. The van der Waals surface area contributed by atoms with Gasteiger partial charge in [0.25, 0.3) is 0 Å². The molecule has 7 nitrogen and oxygen atoms in total. The molecule has 0 aliphatic carbocycles. The van der Waals surface area contributed by atoms with E-state index < -0.39 is 12.1 Å². The minimum atomic E-state index is -0.634. The molecule has 2 N–H and O–H groups in total. The molecule has 2 aromatic rings.